The van der Waals surface area contributed by atoms with E-state index in [0.29, 0.717) is 11.3 Å². The maximum Gasteiger partial charge on any atom is 0.280 e. The van der Waals surface area contributed by atoms with E-state index in [1.54, 1.807) is 10.7 Å². The van der Waals surface area contributed by atoms with E-state index in [4.69, 9.17) is 0 Å². The smallest absolute Gasteiger partial charge is 0.280 e. The molecule has 9 heteroatoms. The van der Waals surface area contributed by atoms with Crippen LogP contribution in [0.1, 0.15) is 59.8 Å². The van der Waals surface area contributed by atoms with E-state index in [2.05, 4.69) is 20.1 Å². The van der Waals surface area contributed by atoms with Gasteiger partial charge in [-0.3, -0.25) is 9.78 Å². The van der Waals surface area contributed by atoms with Gasteiger partial charge in [-0.15, -0.1) is 0 Å². The van der Waals surface area contributed by atoms with Gasteiger partial charge in [0.2, 0.25) is 0 Å². The molecular formula is C23H20F2N6O. The summed E-state index contributed by atoms with van der Waals surface area (Å²) < 4.78 is 28.5. The number of fused-ring (bicyclic) bond motifs is 4. The Balaban J connectivity index is 1.39. The molecule has 1 unspecified atom stereocenters. The molecule has 2 aliphatic rings. The first-order chi connectivity index (χ1) is 15.6. The number of hydrogen-bond acceptors (Lipinski definition) is 5. The van der Waals surface area contributed by atoms with Crippen molar-refractivity contribution in [1.82, 2.24) is 29.5 Å². The Morgan fingerprint density at radius 2 is 1.94 bits per heavy atom. The van der Waals surface area contributed by atoms with Crippen molar-refractivity contribution in [2.24, 2.45) is 0 Å². The third kappa shape index (κ3) is 2.95. The lowest BCUT2D eigenvalue weighted by Gasteiger charge is -2.40. The maximum absolute atomic E-state index is 13.6. The number of hydrogen-bond donors (Lipinski definition) is 0. The molecule has 2 aliphatic heterocycles. The number of pyridine rings is 1. The van der Waals surface area contributed by atoms with Crippen molar-refractivity contribution in [3.63, 3.8) is 0 Å². The van der Waals surface area contributed by atoms with Gasteiger partial charge in [0, 0.05) is 35.1 Å². The van der Waals surface area contributed by atoms with Crippen molar-refractivity contribution in [2.75, 3.05) is 0 Å². The number of carbonyl (C=O) groups excluding carboxylic acids is 1. The molecule has 3 aromatic heterocycles. The van der Waals surface area contributed by atoms with Crippen LogP contribution in [0, 0.1) is 0 Å². The highest BCUT2D eigenvalue weighted by molar-refractivity contribution is 5.98. The van der Waals surface area contributed by atoms with E-state index in [1.807, 2.05) is 35.2 Å². The summed E-state index contributed by atoms with van der Waals surface area (Å²) in [7, 11) is 0. The van der Waals surface area contributed by atoms with Crippen molar-refractivity contribution in [2.45, 2.75) is 50.1 Å². The minimum atomic E-state index is -2.70. The molecule has 4 aromatic rings. The number of piperidine rings is 1. The Labute approximate surface area is 182 Å². The van der Waals surface area contributed by atoms with Gasteiger partial charge in [0.15, 0.2) is 0 Å². The van der Waals surface area contributed by atoms with Crippen LogP contribution in [-0.2, 0) is 0 Å². The lowest BCUT2D eigenvalue weighted by atomic mass is 9.86. The van der Waals surface area contributed by atoms with Crippen molar-refractivity contribution >= 4 is 22.6 Å². The van der Waals surface area contributed by atoms with Crippen LogP contribution < -0.4 is 0 Å². The van der Waals surface area contributed by atoms with Gasteiger partial charge in [-0.1, -0.05) is 6.07 Å². The first kappa shape index (κ1) is 19.2. The monoisotopic (exact) mass is 434 g/mol. The topological polar surface area (TPSA) is 76.3 Å². The normalized spacial score (nSPS) is 22.8. The minimum absolute atomic E-state index is 0.0223. The number of alkyl halides is 2. The van der Waals surface area contributed by atoms with E-state index in [1.165, 1.54) is 12.4 Å². The average molecular weight is 434 g/mol. The Bertz CT molecular complexity index is 1340. The van der Waals surface area contributed by atoms with Gasteiger partial charge in [-0.05, 0) is 56.0 Å². The summed E-state index contributed by atoms with van der Waals surface area (Å²) >= 11 is 0. The van der Waals surface area contributed by atoms with Crippen LogP contribution >= 0.6 is 0 Å². The van der Waals surface area contributed by atoms with E-state index in [9.17, 15) is 13.6 Å². The molecule has 1 aromatic carbocycles. The van der Waals surface area contributed by atoms with Gasteiger partial charge in [0.05, 0.1) is 11.2 Å². The van der Waals surface area contributed by atoms with Gasteiger partial charge in [-0.25, -0.2) is 18.3 Å². The molecule has 162 valence electrons. The SMILES string of the molecule is O=C(c1ccc2ncccc2c1)N1C2CC[C@@H]1CC[C@@H]2c1cc(C(F)F)nc2ncnn12. The molecule has 7 nitrogen and oxygen atoms in total. The maximum atomic E-state index is 13.6. The Kier molecular flexibility index (Phi) is 4.38. The Morgan fingerprint density at radius 1 is 1.06 bits per heavy atom. The molecule has 5 heterocycles. The fourth-order valence-electron chi connectivity index (χ4n) is 5.40. The summed E-state index contributed by atoms with van der Waals surface area (Å²) in [4.78, 5) is 27.9. The molecule has 0 aliphatic carbocycles. The van der Waals surface area contributed by atoms with Crippen LogP contribution in [-0.4, -0.2) is 47.5 Å². The average Bonchev–Trinajstić information content (AvgIpc) is 3.40. The highest BCUT2D eigenvalue weighted by Gasteiger charge is 2.46. The van der Waals surface area contributed by atoms with Crippen LogP contribution in [0.15, 0.2) is 48.9 Å². The number of benzene rings is 1. The highest BCUT2D eigenvalue weighted by Crippen LogP contribution is 2.45. The zero-order valence-electron chi connectivity index (χ0n) is 17.1. The second kappa shape index (κ2) is 7.29. The van der Waals surface area contributed by atoms with Crippen molar-refractivity contribution in [1.29, 1.82) is 0 Å². The number of carbonyl (C=O) groups is 1. The fourth-order valence-corrected chi connectivity index (χ4v) is 5.40. The van der Waals surface area contributed by atoms with E-state index >= 15 is 0 Å². The van der Waals surface area contributed by atoms with Crippen LogP contribution in [0.5, 0.6) is 0 Å². The molecule has 0 saturated carbocycles. The molecule has 0 spiro atoms. The van der Waals surface area contributed by atoms with E-state index in [0.717, 1.165) is 36.6 Å². The highest BCUT2D eigenvalue weighted by atomic mass is 19.3. The molecule has 3 atom stereocenters. The molecule has 6 rings (SSSR count). The number of aromatic nitrogens is 5. The summed E-state index contributed by atoms with van der Waals surface area (Å²) in [6.07, 6.45) is 3.74. The zero-order valence-corrected chi connectivity index (χ0v) is 17.1. The summed E-state index contributed by atoms with van der Waals surface area (Å²) in [5, 5.41) is 5.14. The van der Waals surface area contributed by atoms with Crippen LogP contribution in [0.25, 0.3) is 16.7 Å². The van der Waals surface area contributed by atoms with Crippen molar-refractivity contribution in [3.8, 4) is 0 Å². The Hall–Kier alpha value is -3.49. The third-order valence-electron chi connectivity index (χ3n) is 6.81. The first-order valence-electron chi connectivity index (χ1n) is 10.8. The molecule has 32 heavy (non-hydrogen) atoms. The fraction of sp³-hybridized carbons (Fsp3) is 0.348. The van der Waals surface area contributed by atoms with Crippen LogP contribution in [0.3, 0.4) is 0 Å². The lowest BCUT2D eigenvalue weighted by molar-refractivity contribution is 0.0554. The molecule has 0 N–H and O–H groups in total. The summed E-state index contributed by atoms with van der Waals surface area (Å²) in [6, 6.07) is 10.9. The predicted molar refractivity (Wildman–Crippen MR) is 112 cm³/mol. The molecule has 0 radical (unpaired) electrons. The number of nitrogens with zero attached hydrogens (tertiary/aromatic N) is 6. The van der Waals surface area contributed by atoms with Gasteiger partial charge in [-0.2, -0.15) is 10.1 Å². The summed E-state index contributed by atoms with van der Waals surface area (Å²) in [6.45, 7) is 0. The van der Waals surface area contributed by atoms with E-state index < -0.39 is 6.43 Å². The lowest BCUT2D eigenvalue weighted by Crippen LogP contribution is -2.47. The minimum Gasteiger partial charge on any atom is -0.332 e. The van der Waals surface area contributed by atoms with Crippen molar-refractivity contribution in [3.05, 3.63) is 65.9 Å². The number of rotatable bonds is 3. The van der Waals surface area contributed by atoms with Gasteiger partial charge in [0.25, 0.3) is 18.1 Å². The van der Waals surface area contributed by atoms with Gasteiger partial charge in [0.1, 0.15) is 12.0 Å². The zero-order chi connectivity index (χ0) is 21.8. The van der Waals surface area contributed by atoms with Crippen LogP contribution in [0.4, 0.5) is 8.78 Å². The quantitative estimate of drug-likeness (QED) is 0.484. The number of halogens is 2. The van der Waals surface area contributed by atoms with Gasteiger partial charge >= 0.3 is 0 Å². The molecule has 1 amide bonds. The van der Waals surface area contributed by atoms with Crippen molar-refractivity contribution < 1.29 is 13.6 Å². The van der Waals surface area contributed by atoms with E-state index in [-0.39, 0.29) is 35.4 Å². The molecule has 2 fully saturated rings. The number of amides is 1. The first-order valence-corrected chi connectivity index (χ1v) is 10.8. The standard InChI is InChI=1S/C23H20F2N6O/c24-21(25)18-11-20(31-23(29-18)27-12-28-31)16-6-4-15-5-8-19(16)30(15)22(32)14-3-7-17-13(10-14)2-1-9-26-17/h1-3,7,9-12,15-16,19,21H,4-6,8H2/t15-,16-,19?/m0/s1. The summed E-state index contributed by atoms with van der Waals surface area (Å²) in [5.41, 5.74) is 1.81. The largest absolute Gasteiger partial charge is 0.332 e. The third-order valence-corrected chi connectivity index (χ3v) is 6.81. The molecule has 2 saturated heterocycles. The van der Waals surface area contributed by atoms with Crippen LogP contribution in [0.2, 0.25) is 0 Å². The second-order valence-electron chi connectivity index (χ2n) is 8.48. The molecular weight excluding hydrogens is 414 g/mol. The predicted octanol–water partition coefficient (Wildman–Crippen LogP) is 4.16. The summed E-state index contributed by atoms with van der Waals surface area (Å²) in [5.74, 6) is 0.0354. The van der Waals surface area contributed by atoms with Gasteiger partial charge < -0.3 is 4.90 Å². The Morgan fingerprint density at radius 3 is 2.81 bits per heavy atom. The molecule has 2 bridgehead atoms. The second-order valence-corrected chi connectivity index (χ2v) is 8.48.